The minimum absolute atomic E-state index is 0.399. The van der Waals surface area contributed by atoms with Crippen molar-refractivity contribution < 1.29 is 18.9 Å². The van der Waals surface area contributed by atoms with Crippen molar-refractivity contribution in [2.45, 2.75) is 13.2 Å². The van der Waals surface area contributed by atoms with Crippen LogP contribution in [-0.2, 0) is 13.2 Å². The maximum Gasteiger partial charge on any atom is 0.169 e. The standard InChI is InChI=1S/C32H30O4/c1-5-25-19-26(33-3)20-30(35-21-23-13-9-7-10-14-23)31(25)28-17-18-29(34-4)32(27(28)6-2)36-22-24-15-11-8-12-16-24/h5-20H,1-2,21-22H2,3-4H3. The van der Waals surface area contributed by atoms with E-state index in [9.17, 15) is 0 Å². The third kappa shape index (κ3) is 5.44. The molecule has 0 saturated carbocycles. The summed E-state index contributed by atoms with van der Waals surface area (Å²) in [6, 6.07) is 27.8. The lowest BCUT2D eigenvalue weighted by Gasteiger charge is -2.21. The van der Waals surface area contributed by atoms with Crippen molar-refractivity contribution in [2.24, 2.45) is 0 Å². The second-order valence-electron chi connectivity index (χ2n) is 8.10. The molecule has 4 aromatic rings. The zero-order valence-electron chi connectivity index (χ0n) is 20.7. The summed E-state index contributed by atoms with van der Waals surface area (Å²) in [5, 5.41) is 0. The summed E-state index contributed by atoms with van der Waals surface area (Å²) >= 11 is 0. The number of ether oxygens (including phenoxy) is 4. The Bertz CT molecular complexity index is 1330. The van der Waals surface area contributed by atoms with Gasteiger partial charge in [0.05, 0.1) is 14.2 Å². The Kier molecular flexibility index (Phi) is 8.09. The maximum absolute atomic E-state index is 6.35. The number of benzene rings is 4. The van der Waals surface area contributed by atoms with Gasteiger partial charge in [0.2, 0.25) is 0 Å². The molecule has 0 aromatic heterocycles. The van der Waals surface area contributed by atoms with Gasteiger partial charge in [-0.05, 0) is 40.5 Å². The van der Waals surface area contributed by atoms with Crippen LogP contribution in [0, 0.1) is 0 Å². The van der Waals surface area contributed by atoms with Crippen LogP contribution in [0.15, 0.2) is 98.1 Å². The Labute approximate surface area is 213 Å². The SMILES string of the molecule is C=Cc1cc(OC)cc(OCc2ccccc2)c1-c1ccc(OC)c(OCc2ccccc2)c1C=C. The number of methoxy groups -OCH3 is 2. The fourth-order valence-corrected chi connectivity index (χ4v) is 4.07. The molecule has 0 aliphatic heterocycles. The quantitative estimate of drug-likeness (QED) is 0.220. The van der Waals surface area contributed by atoms with E-state index < -0.39 is 0 Å². The molecular formula is C32H30O4. The van der Waals surface area contributed by atoms with Gasteiger partial charge < -0.3 is 18.9 Å². The summed E-state index contributed by atoms with van der Waals surface area (Å²) in [4.78, 5) is 0. The first-order valence-corrected chi connectivity index (χ1v) is 11.7. The molecule has 36 heavy (non-hydrogen) atoms. The molecule has 4 heteroatoms. The highest BCUT2D eigenvalue weighted by molar-refractivity contribution is 5.89. The molecule has 4 rings (SSSR count). The molecule has 0 fully saturated rings. The highest BCUT2D eigenvalue weighted by atomic mass is 16.5. The lowest BCUT2D eigenvalue weighted by atomic mass is 9.93. The van der Waals surface area contributed by atoms with E-state index in [-0.39, 0.29) is 0 Å². The summed E-state index contributed by atoms with van der Waals surface area (Å²) in [7, 11) is 3.27. The van der Waals surface area contributed by atoms with Crippen LogP contribution >= 0.6 is 0 Å². The first-order chi connectivity index (χ1) is 17.7. The monoisotopic (exact) mass is 478 g/mol. The first-order valence-electron chi connectivity index (χ1n) is 11.7. The van der Waals surface area contributed by atoms with Gasteiger partial charge in [-0.25, -0.2) is 0 Å². The van der Waals surface area contributed by atoms with Gasteiger partial charge >= 0.3 is 0 Å². The minimum Gasteiger partial charge on any atom is -0.497 e. The molecule has 0 bridgehead atoms. The van der Waals surface area contributed by atoms with E-state index in [1.807, 2.05) is 84.9 Å². The second kappa shape index (κ2) is 11.8. The second-order valence-corrected chi connectivity index (χ2v) is 8.10. The zero-order chi connectivity index (χ0) is 25.3. The molecular weight excluding hydrogens is 448 g/mol. The summed E-state index contributed by atoms with van der Waals surface area (Å²) in [6.45, 7) is 8.95. The number of hydrogen-bond donors (Lipinski definition) is 0. The smallest absolute Gasteiger partial charge is 0.169 e. The molecule has 0 spiro atoms. The summed E-state index contributed by atoms with van der Waals surface area (Å²) in [6.07, 6.45) is 3.59. The Balaban J connectivity index is 1.82. The van der Waals surface area contributed by atoms with E-state index in [1.165, 1.54) is 0 Å². The average molecular weight is 479 g/mol. The van der Waals surface area contributed by atoms with Crippen LogP contribution in [0.2, 0.25) is 0 Å². The van der Waals surface area contributed by atoms with Crippen molar-refractivity contribution in [1.82, 2.24) is 0 Å². The van der Waals surface area contributed by atoms with Crippen LogP contribution in [0.3, 0.4) is 0 Å². The highest BCUT2D eigenvalue weighted by Gasteiger charge is 2.21. The predicted octanol–water partition coefficient (Wildman–Crippen LogP) is 7.81. The zero-order valence-corrected chi connectivity index (χ0v) is 20.7. The Morgan fingerprint density at radius 1 is 0.667 bits per heavy atom. The molecule has 0 heterocycles. The largest absolute Gasteiger partial charge is 0.497 e. The van der Waals surface area contributed by atoms with Gasteiger partial charge in [-0.3, -0.25) is 0 Å². The Hall–Kier alpha value is -4.44. The molecule has 0 N–H and O–H groups in total. The van der Waals surface area contributed by atoms with Crippen molar-refractivity contribution in [1.29, 1.82) is 0 Å². The summed E-state index contributed by atoms with van der Waals surface area (Å²) in [5.41, 5.74) is 5.58. The van der Waals surface area contributed by atoms with Gasteiger partial charge in [-0.15, -0.1) is 0 Å². The van der Waals surface area contributed by atoms with Gasteiger partial charge in [0.25, 0.3) is 0 Å². The molecule has 0 unspecified atom stereocenters. The predicted molar refractivity (Wildman–Crippen MR) is 147 cm³/mol. The topological polar surface area (TPSA) is 36.9 Å². The van der Waals surface area contributed by atoms with Crippen molar-refractivity contribution in [3.8, 4) is 34.1 Å². The molecule has 4 aromatic carbocycles. The third-order valence-electron chi connectivity index (χ3n) is 5.88. The van der Waals surface area contributed by atoms with Gasteiger partial charge in [0.15, 0.2) is 11.5 Å². The molecule has 0 amide bonds. The van der Waals surface area contributed by atoms with Crippen molar-refractivity contribution in [3.05, 3.63) is 120 Å². The van der Waals surface area contributed by atoms with Crippen molar-refractivity contribution in [3.63, 3.8) is 0 Å². The summed E-state index contributed by atoms with van der Waals surface area (Å²) in [5.74, 6) is 2.61. The average Bonchev–Trinajstić information content (AvgIpc) is 2.94. The van der Waals surface area contributed by atoms with E-state index in [0.29, 0.717) is 36.2 Å². The number of rotatable bonds is 11. The number of hydrogen-bond acceptors (Lipinski definition) is 4. The minimum atomic E-state index is 0.399. The van der Waals surface area contributed by atoms with E-state index in [2.05, 4.69) is 13.2 Å². The van der Waals surface area contributed by atoms with Gasteiger partial charge in [0.1, 0.15) is 24.7 Å². The molecule has 182 valence electrons. The van der Waals surface area contributed by atoms with Crippen LogP contribution in [0.25, 0.3) is 23.3 Å². The maximum atomic E-state index is 6.35. The molecule has 0 saturated heterocycles. The fourth-order valence-electron chi connectivity index (χ4n) is 4.07. The van der Waals surface area contributed by atoms with E-state index in [4.69, 9.17) is 18.9 Å². The van der Waals surface area contributed by atoms with Crippen molar-refractivity contribution in [2.75, 3.05) is 14.2 Å². The molecule has 0 atom stereocenters. The van der Waals surface area contributed by atoms with Crippen LogP contribution in [0.5, 0.6) is 23.0 Å². The summed E-state index contributed by atoms with van der Waals surface area (Å²) < 4.78 is 23.9. The third-order valence-corrected chi connectivity index (χ3v) is 5.88. The van der Waals surface area contributed by atoms with Crippen LogP contribution in [0.4, 0.5) is 0 Å². The van der Waals surface area contributed by atoms with E-state index in [0.717, 1.165) is 33.4 Å². The highest BCUT2D eigenvalue weighted by Crippen LogP contribution is 2.45. The molecule has 0 aliphatic carbocycles. The van der Waals surface area contributed by atoms with Crippen LogP contribution in [0.1, 0.15) is 22.3 Å². The lowest BCUT2D eigenvalue weighted by molar-refractivity contribution is 0.284. The van der Waals surface area contributed by atoms with E-state index in [1.54, 1.807) is 26.4 Å². The fraction of sp³-hybridized carbons (Fsp3) is 0.125. The first kappa shape index (κ1) is 24.7. The molecule has 4 nitrogen and oxygen atoms in total. The van der Waals surface area contributed by atoms with Gasteiger partial charge in [0, 0.05) is 17.2 Å². The van der Waals surface area contributed by atoms with E-state index >= 15 is 0 Å². The molecule has 0 radical (unpaired) electrons. The van der Waals surface area contributed by atoms with Crippen LogP contribution < -0.4 is 18.9 Å². The Morgan fingerprint density at radius 2 is 1.31 bits per heavy atom. The van der Waals surface area contributed by atoms with Crippen LogP contribution in [-0.4, -0.2) is 14.2 Å². The molecule has 0 aliphatic rings. The van der Waals surface area contributed by atoms with Gasteiger partial charge in [-0.1, -0.05) is 86.0 Å². The normalized spacial score (nSPS) is 10.4. The lowest BCUT2D eigenvalue weighted by Crippen LogP contribution is -2.03. The van der Waals surface area contributed by atoms with Crippen molar-refractivity contribution >= 4 is 12.2 Å². The Morgan fingerprint density at radius 3 is 1.86 bits per heavy atom. The van der Waals surface area contributed by atoms with Gasteiger partial charge in [-0.2, -0.15) is 0 Å².